The van der Waals surface area contributed by atoms with Crippen molar-refractivity contribution in [2.75, 3.05) is 139 Å². The topological polar surface area (TPSA) is 188 Å². The Bertz CT molecular complexity index is 2930. The van der Waals surface area contributed by atoms with Crippen molar-refractivity contribution < 1.29 is 61.1 Å². The predicted octanol–water partition coefficient (Wildman–Crippen LogP) is 7.13. The van der Waals surface area contributed by atoms with Crippen LogP contribution in [0.1, 0.15) is 27.3 Å². The fourth-order valence-corrected chi connectivity index (χ4v) is 9.66. The summed E-state index contributed by atoms with van der Waals surface area (Å²) in [5.74, 6) is 0.340. The Morgan fingerprint density at radius 3 is 1.45 bits per heavy atom. The number of methoxy groups -OCH3 is 2. The summed E-state index contributed by atoms with van der Waals surface area (Å²) >= 11 is 5.61. The van der Waals surface area contributed by atoms with E-state index in [4.69, 9.17) is 50.1 Å². The summed E-state index contributed by atoms with van der Waals surface area (Å²) in [6.45, 7) is 12.5. The number of pyridine rings is 2. The number of hydrogen-bond donors (Lipinski definition) is 2. The van der Waals surface area contributed by atoms with Crippen LogP contribution < -0.4 is 39.7 Å². The Kier molecular flexibility index (Phi) is 18.3. The number of ether oxygens (including phenoxy) is 8. The summed E-state index contributed by atoms with van der Waals surface area (Å²) in [5.41, 5.74) is 6.04. The molecule has 0 unspecified atom stereocenters. The number of morpholine rings is 2. The third-order valence-corrected chi connectivity index (χ3v) is 13.9. The molecule has 19 nitrogen and oxygen atoms in total. The number of aryl methyl sites for hydroxylation is 2. The van der Waals surface area contributed by atoms with Crippen LogP contribution >= 0.6 is 12.2 Å². The van der Waals surface area contributed by atoms with Crippen LogP contribution in [0.5, 0.6) is 11.5 Å². The number of amides is 3. The number of benzene rings is 4. The summed E-state index contributed by atoms with van der Waals surface area (Å²) in [6, 6.07) is 24.5. The summed E-state index contributed by atoms with van der Waals surface area (Å²) in [6.07, 6.45) is -2.09. The molecule has 0 radical (unpaired) electrons. The maximum absolute atomic E-state index is 14.8. The van der Waals surface area contributed by atoms with E-state index in [1.165, 1.54) is 21.9 Å². The highest BCUT2D eigenvalue weighted by molar-refractivity contribution is 7.80. The number of carbonyl (C=O) groups is 3. The van der Waals surface area contributed by atoms with Gasteiger partial charge in [-0.15, -0.1) is 0 Å². The lowest BCUT2D eigenvalue weighted by Gasteiger charge is -2.29. The number of rotatable bonds is 12. The molecule has 5 fully saturated rings. The molecule has 22 heteroatoms. The molecule has 2 atom stereocenters. The van der Waals surface area contributed by atoms with E-state index in [-0.39, 0.29) is 24.8 Å². The van der Waals surface area contributed by atoms with Crippen molar-refractivity contribution in [1.29, 1.82) is 0 Å². The van der Waals surface area contributed by atoms with E-state index in [1.807, 2.05) is 59.2 Å². The molecule has 5 aliphatic rings. The lowest BCUT2D eigenvalue weighted by atomic mass is 10.1. The predicted molar refractivity (Wildman–Crippen MR) is 294 cm³/mol. The fraction of sp³-hybridized carbons (Fsp3) is 0.393. The van der Waals surface area contributed by atoms with Gasteiger partial charge in [-0.1, -0.05) is 12.2 Å². The first-order chi connectivity index (χ1) is 37.8. The minimum Gasteiger partial charge on any atom is -0.497 e. The lowest BCUT2D eigenvalue weighted by Crippen LogP contribution is -2.37. The number of cyclic esters (lactones) is 2. The van der Waals surface area contributed by atoms with Gasteiger partial charge in [0.2, 0.25) is 0 Å². The van der Waals surface area contributed by atoms with Gasteiger partial charge in [0.05, 0.1) is 138 Å². The molecule has 0 aliphatic carbocycles. The lowest BCUT2D eigenvalue weighted by molar-refractivity contribution is -0.0334. The van der Waals surface area contributed by atoms with Crippen LogP contribution in [0.25, 0.3) is 21.8 Å². The Morgan fingerprint density at radius 1 is 0.590 bits per heavy atom. The van der Waals surface area contributed by atoms with Crippen molar-refractivity contribution in [3.8, 4) is 11.5 Å². The Labute approximate surface area is 455 Å². The average Bonchev–Trinajstić information content (AvgIpc) is 4.13. The molecule has 11 rings (SSSR count). The number of thiocarbonyl (C=S) groups is 1. The van der Waals surface area contributed by atoms with Crippen molar-refractivity contribution in [2.45, 2.75) is 26.1 Å². The van der Waals surface area contributed by atoms with Gasteiger partial charge in [0.1, 0.15) is 40.3 Å². The van der Waals surface area contributed by atoms with Gasteiger partial charge >= 0.3 is 12.2 Å². The standard InChI is InChI=1S/C26H27FN4O5.C26H27FN4O4S.C4H8O2/c1-16-21(11-17-3-5-19(34-2)13-23(17)29-16)25(32)28-14-20-15-31(26(33)36-20)18-4-6-24(22(27)12-18)30-7-9-35-10-8-30;1-16-21(11-17-3-5-19(33-2)13-23(17)29-16)25(36)28-14-20-15-31(26(32)35-20)18-4-6-24(22(27)12-18)30-7-9-34-10-8-30;1-2-6-4-3-5-1/h3-6,11-13,20H,7-10,14-15H2,1-2H3,(H,28,32);3-6,11-13,20H,7-10,14-15H2,1-2H3,(H,28,36);1-4H2/t2*20-;/m00./s1. The number of hydrogen-bond acceptors (Lipinski definition) is 16. The second-order valence-electron chi connectivity index (χ2n) is 18.7. The Balaban J connectivity index is 0.000000171. The van der Waals surface area contributed by atoms with Crippen molar-refractivity contribution in [3.05, 3.63) is 119 Å². The Hall–Kier alpha value is -7.50. The van der Waals surface area contributed by atoms with Gasteiger partial charge in [0.15, 0.2) is 0 Å². The molecule has 5 saturated heterocycles. The van der Waals surface area contributed by atoms with Crippen LogP contribution in [0.15, 0.2) is 84.9 Å². The third-order valence-electron chi connectivity index (χ3n) is 13.6. The molecular formula is C56H62F2N8O11S. The molecule has 0 spiro atoms. The van der Waals surface area contributed by atoms with Crippen molar-refractivity contribution >= 4 is 79.9 Å². The van der Waals surface area contributed by atoms with Crippen LogP contribution in [0, 0.1) is 25.5 Å². The van der Waals surface area contributed by atoms with Crippen molar-refractivity contribution in [1.82, 2.24) is 20.6 Å². The zero-order chi connectivity index (χ0) is 54.7. The van der Waals surface area contributed by atoms with Gasteiger partial charge in [0, 0.05) is 60.3 Å². The highest BCUT2D eigenvalue weighted by Crippen LogP contribution is 2.31. The monoisotopic (exact) mass is 1090 g/mol. The number of halogens is 2. The van der Waals surface area contributed by atoms with Gasteiger partial charge in [-0.3, -0.25) is 24.6 Å². The second-order valence-corrected chi connectivity index (χ2v) is 19.1. The number of fused-ring (bicyclic) bond motifs is 2. The zero-order valence-electron chi connectivity index (χ0n) is 43.9. The molecular weight excluding hydrogens is 1030 g/mol. The molecule has 5 aliphatic heterocycles. The van der Waals surface area contributed by atoms with Gasteiger partial charge in [-0.2, -0.15) is 0 Å². The highest BCUT2D eigenvalue weighted by Gasteiger charge is 2.35. The fourth-order valence-electron chi connectivity index (χ4n) is 9.37. The van der Waals surface area contributed by atoms with Gasteiger partial charge < -0.3 is 58.3 Å². The van der Waals surface area contributed by atoms with Gasteiger partial charge in [-0.25, -0.2) is 18.4 Å². The van der Waals surface area contributed by atoms with E-state index in [2.05, 4.69) is 20.6 Å². The van der Waals surface area contributed by atoms with E-state index in [9.17, 15) is 23.2 Å². The number of anilines is 4. The average molecular weight is 1090 g/mol. The molecule has 6 aromatic rings. The normalized spacial score (nSPS) is 18.3. The molecule has 412 valence electrons. The van der Waals surface area contributed by atoms with Crippen molar-refractivity contribution in [3.63, 3.8) is 0 Å². The quantitative estimate of drug-likeness (QED) is 0.118. The summed E-state index contributed by atoms with van der Waals surface area (Å²) in [4.78, 5) is 54.2. The molecule has 0 saturated carbocycles. The van der Waals surface area contributed by atoms with Crippen LogP contribution in [0.3, 0.4) is 0 Å². The van der Waals surface area contributed by atoms with E-state index in [0.29, 0.717) is 110 Å². The molecule has 2 N–H and O–H groups in total. The first-order valence-electron chi connectivity index (χ1n) is 25.7. The molecule has 78 heavy (non-hydrogen) atoms. The maximum Gasteiger partial charge on any atom is 0.414 e. The van der Waals surface area contributed by atoms with Crippen LogP contribution in [-0.2, 0) is 28.4 Å². The number of aromatic nitrogens is 2. The van der Waals surface area contributed by atoms with Crippen LogP contribution in [0.4, 0.5) is 41.1 Å². The summed E-state index contributed by atoms with van der Waals surface area (Å²) in [7, 11) is 3.21. The first-order valence-corrected chi connectivity index (χ1v) is 26.1. The van der Waals surface area contributed by atoms with Gasteiger partial charge in [-0.05, 0) is 86.6 Å². The van der Waals surface area contributed by atoms with Crippen LogP contribution in [-0.4, -0.2) is 165 Å². The molecule has 0 bridgehead atoms. The molecule has 7 heterocycles. The minimum absolute atomic E-state index is 0.121. The van der Waals surface area contributed by atoms with E-state index in [0.717, 1.165) is 65.2 Å². The van der Waals surface area contributed by atoms with E-state index < -0.39 is 30.2 Å². The SMILES string of the molecule is C1COCCO1.COc1ccc2cc(C(=O)NC[C@H]3CN(c4ccc(N5CCOCC5)c(F)c4)C(=O)O3)c(C)nc2c1.COc1ccc2cc(C(=S)NC[C@H]3CN(c4ccc(N5CCOCC5)c(F)c4)C(=O)O3)c(C)nc2c1. The molecule has 3 amide bonds. The molecule has 4 aromatic carbocycles. The number of carbonyl (C=O) groups excluding carboxylic acids is 3. The summed E-state index contributed by atoms with van der Waals surface area (Å²) < 4.78 is 71.6. The second kappa shape index (κ2) is 25.8. The molecule has 2 aromatic heterocycles. The zero-order valence-corrected chi connectivity index (χ0v) is 44.7. The summed E-state index contributed by atoms with van der Waals surface area (Å²) in [5, 5.41) is 7.78. The Morgan fingerprint density at radius 2 is 1.01 bits per heavy atom. The van der Waals surface area contributed by atoms with Crippen LogP contribution in [0.2, 0.25) is 0 Å². The largest absolute Gasteiger partial charge is 0.497 e. The van der Waals surface area contributed by atoms with Crippen molar-refractivity contribution in [2.24, 2.45) is 0 Å². The van der Waals surface area contributed by atoms with E-state index in [1.54, 1.807) is 51.5 Å². The minimum atomic E-state index is -0.578. The van der Waals surface area contributed by atoms with E-state index >= 15 is 0 Å². The first kappa shape index (κ1) is 55.3. The smallest absolute Gasteiger partial charge is 0.414 e. The highest BCUT2D eigenvalue weighted by atomic mass is 32.1. The maximum atomic E-state index is 14.8. The number of nitrogens with one attached hydrogen (secondary N) is 2. The number of nitrogens with zero attached hydrogens (tertiary/aromatic N) is 6. The third kappa shape index (κ3) is 13.4. The van der Waals surface area contributed by atoms with Gasteiger partial charge in [0.25, 0.3) is 5.91 Å².